The van der Waals surface area contributed by atoms with E-state index >= 15 is 0 Å². The molecule has 12 nitrogen and oxygen atoms in total. The molecule has 10 atom stereocenters. The molecular weight excluding hydrogens is 420 g/mol. The summed E-state index contributed by atoms with van der Waals surface area (Å²) in [6.07, 6.45) is -11.7. The van der Waals surface area contributed by atoms with E-state index in [0.29, 0.717) is 0 Å². The topological polar surface area (TPSA) is 156 Å². The van der Waals surface area contributed by atoms with Gasteiger partial charge in [0.25, 0.3) is 0 Å². The van der Waals surface area contributed by atoms with Crippen LogP contribution in [0, 0.1) is 0 Å². The van der Waals surface area contributed by atoms with E-state index in [-0.39, 0.29) is 0 Å². The molecule has 0 aromatic heterocycles. The number of carbonyl (C=O) groups excluding carboxylic acids is 3. The normalized spacial score (nSPS) is 40.6. The minimum Gasteiger partial charge on any atom is -0.456 e. The monoisotopic (exact) mass is 450 g/mol. The maximum absolute atomic E-state index is 11.8. The molecule has 2 aliphatic rings. The van der Waals surface area contributed by atoms with Crippen LogP contribution >= 0.6 is 0 Å². The van der Waals surface area contributed by atoms with Gasteiger partial charge in [-0.2, -0.15) is 0 Å². The maximum Gasteiger partial charge on any atom is 0.303 e. The lowest BCUT2D eigenvalue weighted by molar-refractivity contribution is -0.353. The van der Waals surface area contributed by atoms with Crippen LogP contribution in [-0.2, 0) is 47.5 Å². The molecule has 2 rings (SSSR count). The number of methoxy groups -OCH3 is 1. The first-order valence-corrected chi connectivity index (χ1v) is 9.83. The van der Waals surface area contributed by atoms with Crippen molar-refractivity contribution in [1.29, 1.82) is 0 Å². The largest absolute Gasteiger partial charge is 0.456 e. The van der Waals surface area contributed by atoms with Crippen LogP contribution in [0.3, 0.4) is 0 Å². The Morgan fingerprint density at radius 1 is 0.677 bits per heavy atom. The summed E-state index contributed by atoms with van der Waals surface area (Å²) in [6, 6.07) is 0. The van der Waals surface area contributed by atoms with Crippen molar-refractivity contribution < 1.29 is 57.8 Å². The number of esters is 3. The van der Waals surface area contributed by atoms with E-state index in [9.17, 15) is 24.6 Å². The molecule has 0 aromatic carbocycles. The molecule has 0 aromatic rings. The number of carbonyl (C=O) groups is 3. The standard InChI is InChI=1S/C19H30O12/c1-7-12(23)15(13(24)18(25-6)26-7)31-19-17(30-11(5)22)16(29-10(4)21)14(8(2)27-19)28-9(3)20/h7-8,12-19,23-24H,1-6H3/t7-,8-,12-,13+,14-,15+,16+,17+,18+,19-/m0/s1. The van der Waals surface area contributed by atoms with E-state index in [0.717, 1.165) is 13.8 Å². The Balaban J connectivity index is 2.36. The molecule has 12 heteroatoms. The Hall–Kier alpha value is -1.83. The molecule has 0 bridgehead atoms. The van der Waals surface area contributed by atoms with Gasteiger partial charge in [-0.05, 0) is 13.8 Å². The van der Waals surface area contributed by atoms with Gasteiger partial charge in [-0.15, -0.1) is 0 Å². The summed E-state index contributed by atoms with van der Waals surface area (Å²) >= 11 is 0. The highest BCUT2D eigenvalue weighted by atomic mass is 16.7. The molecule has 0 aliphatic carbocycles. The zero-order chi connectivity index (χ0) is 23.5. The lowest BCUT2D eigenvalue weighted by Crippen LogP contribution is -2.65. The fraction of sp³-hybridized carbons (Fsp3) is 0.842. The molecule has 31 heavy (non-hydrogen) atoms. The van der Waals surface area contributed by atoms with Crippen molar-refractivity contribution in [2.24, 2.45) is 0 Å². The maximum atomic E-state index is 11.8. The van der Waals surface area contributed by atoms with Gasteiger partial charge in [0.15, 0.2) is 30.9 Å². The Morgan fingerprint density at radius 3 is 1.68 bits per heavy atom. The number of hydrogen-bond donors (Lipinski definition) is 2. The Kier molecular flexibility index (Phi) is 8.74. The van der Waals surface area contributed by atoms with Gasteiger partial charge in [0.2, 0.25) is 0 Å². The molecule has 0 radical (unpaired) electrons. The summed E-state index contributed by atoms with van der Waals surface area (Å²) in [5, 5.41) is 21.0. The number of rotatable bonds is 6. The highest BCUT2D eigenvalue weighted by Crippen LogP contribution is 2.32. The van der Waals surface area contributed by atoms with Gasteiger partial charge in [0.05, 0.1) is 12.2 Å². The van der Waals surface area contributed by atoms with E-state index < -0.39 is 79.3 Å². The van der Waals surface area contributed by atoms with E-state index in [1.807, 2.05) is 0 Å². The van der Waals surface area contributed by atoms with Crippen LogP contribution in [0.1, 0.15) is 34.6 Å². The van der Waals surface area contributed by atoms with Gasteiger partial charge >= 0.3 is 17.9 Å². The summed E-state index contributed by atoms with van der Waals surface area (Å²) in [4.78, 5) is 35.0. The predicted molar refractivity (Wildman–Crippen MR) is 99.2 cm³/mol. The summed E-state index contributed by atoms with van der Waals surface area (Å²) in [7, 11) is 1.32. The molecule has 2 N–H and O–H groups in total. The van der Waals surface area contributed by atoms with Crippen molar-refractivity contribution >= 4 is 17.9 Å². The minimum absolute atomic E-state index is 0.661. The Bertz CT molecular complexity index is 654. The molecule has 2 heterocycles. The lowest BCUT2D eigenvalue weighted by atomic mass is 9.97. The zero-order valence-electron chi connectivity index (χ0n) is 18.3. The van der Waals surface area contributed by atoms with Crippen molar-refractivity contribution in [2.75, 3.05) is 7.11 Å². The molecule has 2 aliphatic heterocycles. The van der Waals surface area contributed by atoms with Crippen LogP contribution in [0.4, 0.5) is 0 Å². The van der Waals surface area contributed by atoms with Gasteiger partial charge in [-0.25, -0.2) is 0 Å². The summed E-state index contributed by atoms with van der Waals surface area (Å²) < 4.78 is 37.8. The van der Waals surface area contributed by atoms with Crippen molar-refractivity contribution in [2.45, 2.75) is 96.0 Å². The minimum atomic E-state index is -1.41. The Morgan fingerprint density at radius 2 is 1.16 bits per heavy atom. The third-order valence-electron chi connectivity index (χ3n) is 4.94. The smallest absolute Gasteiger partial charge is 0.303 e. The molecule has 0 unspecified atom stereocenters. The SMILES string of the molecule is CO[C@@H]1O[C@@H](C)[C@H](O)[C@@H](O[C@@H]2O[C@@H](C)[C@H](OC(C)=O)[C@@H](OC(C)=O)[C@H]2OC(C)=O)[C@H]1O. The first kappa shape index (κ1) is 25.4. The van der Waals surface area contributed by atoms with Crippen molar-refractivity contribution in [3.8, 4) is 0 Å². The second-order valence-electron chi connectivity index (χ2n) is 7.46. The highest BCUT2D eigenvalue weighted by molar-refractivity contribution is 5.68. The first-order chi connectivity index (χ1) is 14.5. The van der Waals surface area contributed by atoms with Gasteiger partial charge in [0.1, 0.15) is 18.3 Å². The molecule has 0 saturated carbocycles. The van der Waals surface area contributed by atoms with Crippen LogP contribution in [0.2, 0.25) is 0 Å². The molecule has 0 amide bonds. The summed E-state index contributed by atoms with van der Waals surface area (Å²) in [5.41, 5.74) is 0. The van der Waals surface area contributed by atoms with Crippen molar-refractivity contribution in [3.05, 3.63) is 0 Å². The van der Waals surface area contributed by atoms with Gasteiger partial charge < -0.3 is 43.4 Å². The summed E-state index contributed by atoms with van der Waals surface area (Å²) in [5.74, 6) is -2.12. The van der Waals surface area contributed by atoms with Gasteiger partial charge in [-0.3, -0.25) is 14.4 Å². The zero-order valence-corrected chi connectivity index (χ0v) is 18.3. The third-order valence-corrected chi connectivity index (χ3v) is 4.94. The van der Waals surface area contributed by atoms with E-state index in [4.69, 9.17) is 33.2 Å². The average Bonchev–Trinajstić information content (AvgIpc) is 2.66. The summed E-state index contributed by atoms with van der Waals surface area (Å²) in [6.45, 7) is 6.54. The number of aliphatic hydroxyl groups is 2. The fourth-order valence-corrected chi connectivity index (χ4v) is 3.59. The van der Waals surface area contributed by atoms with Gasteiger partial charge in [-0.1, -0.05) is 0 Å². The van der Waals surface area contributed by atoms with E-state index in [1.54, 1.807) is 13.8 Å². The highest BCUT2D eigenvalue weighted by Gasteiger charge is 2.54. The van der Waals surface area contributed by atoms with Crippen LogP contribution in [0.15, 0.2) is 0 Å². The van der Waals surface area contributed by atoms with Crippen LogP contribution in [0.5, 0.6) is 0 Å². The van der Waals surface area contributed by atoms with Crippen molar-refractivity contribution in [3.63, 3.8) is 0 Å². The van der Waals surface area contributed by atoms with Crippen LogP contribution in [-0.4, -0.2) is 96.6 Å². The van der Waals surface area contributed by atoms with Crippen LogP contribution < -0.4 is 0 Å². The van der Waals surface area contributed by atoms with Gasteiger partial charge in [0, 0.05) is 27.9 Å². The van der Waals surface area contributed by atoms with E-state index in [1.165, 1.54) is 14.0 Å². The number of aliphatic hydroxyl groups excluding tert-OH is 2. The molecule has 2 fully saturated rings. The fourth-order valence-electron chi connectivity index (χ4n) is 3.59. The first-order valence-electron chi connectivity index (χ1n) is 9.83. The average molecular weight is 450 g/mol. The van der Waals surface area contributed by atoms with Crippen molar-refractivity contribution in [1.82, 2.24) is 0 Å². The second kappa shape index (κ2) is 10.7. The van der Waals surface area contributed by atoms with Crippen LogP contribution in [0.25, 0.3) is 0 Å². The molecule has 2 saturated heterocycles. The molecule has 178 valence electrons. The van der Waals surface area contributed by atoms with E-state index in [2.05, 4.69) is 0 Å². The number of hydrogen-bond acceptors (Lipinski definition) is 12. The lowest BCUT2D eigenvalue weighted by Gasteiger charge is -2.47. The third kappa shape index (κ3) is 6.11. The predicted octanol–water partition coefficient (Wildman–Crippen LogP) is -0.975. The Labute approximate surface area is 179 Å². The second-order valence-corrected chi connectivity index (χ2v) is 7.46. The molecule has 0 spiro atoms. The number of ether oxygens (including phenoxy) is 7. The quantitative estimate of drug-likeness (QED) is 0.377. The molecular formula is C19H30O12.